The van der Waals surface area contributed by atoms with Crippen molar-refractivity contribution >= 4 is 47.8 Å². The molecule has 6 aliphatic rings. The minimum absolute atomic E-state index is 0.0167. The lowest BCUT2D eigenvalue weighted by Crippen LogP contribution is -2.63. The number of benzene rings is 12. The minimum atomic E-state index is -1.17. The van der Waals surface area contributed by atoms with Gasteiger partial charge in [0.2, 0.25) is 0 Å². The van der Waals surface area contributed by atoms with Crippen LogP contribution < -0.4 is 0 Å². The number of aliphatic hydroxyl groups is 1. The third kappa shape index (κ3) is 30.6. The molecule has 29 heteroatoms. The quantitative estimate of drug-likeness (QED) is 0.0278. The molecule has 6 fully saturated rings. The van der Waals surface area contributed by atoms with Gasteiger partial charge < -0.3 is 105 Å². The molecule has 22 unspecified atom stereocenters. The fourth-order valence-electron chi connectivity index (χ4n) is 18.6. The zero-order chi connectivity index (χ0) is 103. The number of carbonyl (C=O) groups excluding carboxylic acids is 6. The first-order chi connectivity index (χ1) is 72.9. The molecule has 18 rings (SSSR count). The molecule has 0 aliphatic carbocycles. The SMILES string of the molecule is CC1C2OC(c3ccccc3)OCC2OC(OC2C(COCc3ccccc3)OC(OCCN(Cc3ccccc3)C(=O)OCc3ccccc3)C(OC(=O)c3ccccc3)C2C)C1OC(=O)c1ccccc1.CCSC1OC(COCc2ccccc2)C(OC2OC3COC(c4ccccc4)OC3C(C)C2OC(=O)c2ccccc2)C(C)C1OC(=O)c1ccccc1.O=C(OCc1ccccc1)N(CCO)Cc1ccccc1. The predicted octanol–water partition coefficient (Wildman–Crippen LogP) is 20.2. The van der Waals surface area contributed by atoms with E-state index in [1.807, 2.05) is 302 Å². The Bertz CT molecular complexity index is 6030. The highest BCUT2D eigenvalue weighted by atomic mass is 32.2. The van der Waals surface area contributed by atoms with Crippen LogP contribution in [0, 0.1) is 23.7 Å². The van der Waals surface area contributed by atoms with Crippen molar-refractivity contribution in [3.8, 4) is 0 Å². The van der Waals surface area contributed by atoms with Crippen LogP contribution in [-0.2, 0) is 130 Å². The Morgan fingerprint density at radius 3 is 0.980 bits per heavy atom. The highest BCUT2D eigenvalue weighted by Crippen LogP contribution is 2.45. The summed E-state index contributed by atoms with van der Waals surface area (Å²) in [5.74, 6) is -3.27. The number of carbonyl (C=O) groups is 6. The maximum atomic E-state index is 14.0. The highest BCUT2D eigenvalue weighted by Gasteiger charge is 2.57. The Balaban J connectivity index is 0.000000182. The molecule has 6 saturated heterocycles. The second-order valence-corrected chi connectivity index (χ2v) is 38.4. The van der Waals surface area contributed by atoms with Gasteiger partial charge in [-0.2, -0.15) is 0 Å². The van der Waals surface area contributed by atoms with Gasteiger partial charge >= 0.3 is 36.1 Å². The van der Waals surface area contributed by atoms with Gasteiger partial charge in [0.25, 0.3) is 0 Å². The molecule has 0 radical (unpaired) electrons. The number of ether oxygens (including phenoxy) is 19. The number of hydrogen-bond acceptors (Lipinski definition) is 27. The molecular formula is C120H128N2O26S. The van der Waals surface area contributed by atoms with Crippen LogP contribution in [0.15, 0.2) is 364 Å². The second kappa shape index (κ2) is 55.9. The molecule has 12 aromatic rings. The van der Waals surface area contributed by atoms with Crippen molar-refractivity contribution in [2.75, 3.05) is 58.5 Å². The van der Waals surface area contributed by atoms with Gasteiger partial charge in [0, 0.05) is 61.0 Å². The minimum Gasteiger partial charge on any atom is -0.455 e. The Morgan fingerprint density at radius 2 is 0.631 bits per heavy atom. The number of hydrogen-bond donors (Lipinski definition) is 1. The summed E-state index contributed by atoms with van der Waals surface area (Å²) in [4.78, 5) is 84.1. The van der Waals surface area contributed by atoms with E-state index in [1.54, 1.807) is 114 Å². The first kappa shape index (κ1) is 109. The van der Waals surface area contributed by atoms with Gasteiger partial charge in [0.05, 0.1) is 99.5 Å². The lowest BCUT2D eigenvalue weighted by Gasteiger charge is -2.50. The molecule has 6 heterocycles. The summed E-state index contributed by atoms with van der Waals surface area (Å²) < 4.78 is 122. The smallest absolute Gasteiger partial charge is 0.410 e. The Morgan fingerprint density at radius 1 is 0.329 bits per heavy atom. The number of thioether (sulfide) groups is 1. The van der Waals surface area contributed by atoms with E-state index in [0.717, 1.165) is 50.3 Å². The normalized spacial score (nSPS) is 25.2. The third-order valence-electron chi connectivity index (χ3n) is 26.5. The first-order valence-corrected chi connectivity index (χ1v) is 51.7. The van der Waals surface area contributed by atoms with E-state index in [0.29, 0.717) is 35.4 Å². The van der Waals surface area contributed by atoms with Crippen LogP contribution in [0.25, 0.3) is 0 Å². The average Bonchev–Trinajstić information content (AvgIpc) is 0.763. The van der Waals surface area contributed by atoms with Crippen molar-refractivity contribution in [1.29, 1.82) is 0 Å². The van der Waals surface area contributed by atoms with E-state index in [2.05, 4.69) is 0 Å². The fourth-order valence-corrected chi connectivity index (χ4v) is 19.6. The highest BCUT2D eigenvalue weighted by molar-refractivity contribution is 7.99. The topological polar surface area (TPSA) is 304 Å². The molecule has 0 bridgehead atoms. The number of aliphatic hydroxyl groups excluding tert-OH is 1. The van der Waals surface area contributed by atoms with E-state index in [-0.39, 0.29) is 90.9 Å². The fraction of sp³-hybridized carbons (Fsp3) is 0.350. The third-order valence-corrected chi connectivity index (χ3v) is 27.6. The van der Waals surface area contributed by atoms with Gasteiger partial charge in [-0.05, 0) is 87.7 Å². The largest absolute Gasteiger partial charge is 0.455 e. The average molecular weight is 2050 g/mol. The Kier molecular flexibility index (Phi) is 40.7. The molecule has 149 heavy (non-hydrogen) atoms. The van der Waals surface area contributed by atoms with Gasteiger partial charge in [-0.1, -0.05) is 350 Å². The number of fused-ring (bicyclic) bond motifs is 2. The maximum Gasteiger partial charge on any atom is 0.410 e. The lowest BCUT2D eigenvalue weighted by atomic mass is 9.88. The summed E-state index contributed by atoms with van der Waals surface area (Å²) in [6.45, 7) is 12.3. The second-order valence-electron chi connectivity index (χ2n) is 37.1. The monoisotopic (exact) mass is 2040 g/mol. The predicted molar refractivity (Wildman–Crippen MR) is 554 cm³/mol. The molecule has 6 aliphatic heterocycles. The van der Waals surface area contributed by atoms with Gasteiger partial charge in [-0.3, -0.25) is 0 Å². The van der Waals surface area contributed by atoms with Crippen LogP contribution in [0.3, 0.4) is 0 Å². The number of rotatable bonds is 38. The van der Waals surface area contributed by atoms with Crippen LogP contribution in [0.2, 0.25) is 0 Å². The van der Waals surface area contributed by atoms with Crippen LogP contribution in [0.4, 0.5) is 9.59 Å². The van der Waals surface area contributed by atoms with Gasteiger partial charge in [-0.15, -0.1) is 11.8 Å². The summed E-state index contributed by atoms with van der Waals surface area (Å²) in [5, 5.41) is 9.10. The van der Waals surface area contributed by atoms with E-state index in [9.17, 15) is 28.8 Å². The maximum absolute atomic E-state index is 14.0. The Labute approximate surface area is 873 Å². The van der Waals surface area contributed by atoms with E-state index in [1.165, 1.54) is 4.90 Å². The standard InChI is InChI=1S/C59H61NO13.C44H48O10S.C17H19NO3/c1-40-50(73-58-53(71-55(62)46-29-17-7-18-30-46)41(2)51-49(69-58)39-66-56(72-51)47-31-19-8-20-32-47)48(38-64-36-43-23-11-4-12-24-43)68-57(52(40)70-54(61)45-27-15-6-16-28-45)65-34-33-60(35-42-21-9-3-10-22-42)59(63)67-37-44-25-13-5-14-26-44;1-4-55-44-39(52-41(46)32-21-13-7-14-22-32)29(3)37(34(50-44)26-47-25-30-17-9-5-10-18-30)54-43-38(51-40(45)31-19-11-6-12-20-31)28(2)36-35(49-43)27-48-42(53-36)33-23-15-8-16-24-33;19-12-11-18(13-15-7-3-1-4-8-15)17(20)21-14-16-9-5-2-6-10-16/h3-32,40-41,48-53,56-58H,33-39H2,1-2H3;5-24,28-29,34-39,42-44H,4,25-27H2,1-3H3;1-10,19H,11-14H2. The molecule has 780 valence electrons. The van der Waals surface area contributed by atoms with Crippen LogP contribution in [0.5, 0.6) is 0 Å². The number of amides is 2. The molecule has 22 atom stereocenters. The van der Waals surface area contributed by atoms with Crippen LogP contribution in [-0.4, -0.2) is 207 Å². The van der Waals surface area contributed by atoms with Crippen molar-refractivity contribution in [3.05, 3.63) is 431 Å². The zero-order valence-corrected chi connectivity index (χ0v) is 84.7. The zero-order valence-electron chi connectivity index (χ0n) is 83.9. The van der Waals surface area contributed by atoms with Crippen molar-refractivity contribution in [2.24, 2.45) is 23.7 Å². The van der Waals surface area contributed by atoms with Crippen LogP contribution >= 0.6 is 11.8 Å². The summed E-state index contributed by atoms with van der Waals surface area (Å²) in [6.07, 6.45) is -14.4. The molecule has 0 saturated carbocycles. The van der Waals surface area contributed by atoms with Gasteiger partial charge in [-0.25, -0.2) is 28.8 Å². The van der Waals surface area contributed by atoms with Gasteiger partial charge in [0.1, 0.15) is 49.2 Å². The molecule has 0 spiro atoms. The lowest BCUT2D eigenvalue weighted by molar-refractivity contribution is -0.375. The van der Waals surface area contributed by atoms with E-state index >= 15 is 0 Å². The van der Waals surface area contributed by atoms with E-state index in [4.69, 9.17) is 95.1 Å². The van der Waals surface area contributed by atoms with Crippen molar-refractivity contribution in [2.45, 2.75) is 184 Å². The summed E-state index contributed by atoms with van der Waals surface area (Å²) >= 11 is 1.56. The number of esters is 4. The molecule has 28 nitrogen and oxygen atoms in total. The molecule has 1 N–H and O–H groups in total. The molecule has 2 amide bonds. The van der Waals surface area contributed by atoms with Crippen LogP contribution in [0.1, 0.15) is 133 Å². The molecule has 0 aromatic heterocycles. The van der Waals surface area contributed by atoms with Crippen molar-refractivity contribution in [3.63, 3.8) is 0 Å². The Hall–Kier alpha value is -13.2. The molecule has 12 aromatic carbocycles. The van der Waals surface area contributed by atoms with Crippen molar-refractivity contribution in [1.82, 2.24) is 9.80 Å². The van der Waals surface area contributed by atoms with Gasteiger partial charge in [0.15, 0.2) is 49.8 Å². The first-order valence-electron chi connectivity index (χ1n) is 50.6. The number of nitrogens with zero attached hydrogens (tertiary/aromatic N) is 2. The summed E-state index contributed by atoms with van der Waals surface area (Å²) in [7, 11) is 0. The molecular weight excluding hydrogens is 1920 g/mol. The van der Waals surface area contributed by atoms with Crippen molar-refractivity contribution < 1.29 is 124 Å². The summed E-state index contributed by atoms with van der Waals surface area (Å²) in [5.41, 5.74) is 8.40. The van der Waals surface area contributed by atoms with E-state index < -0.39 is 158 Å². The summed E-state index contributed by atoms with van der Waals surface area (Å²) in [6, 6.07) is 112.